The highest BCUT2D eigenvalue weighted by Gasteiger charge is 2.50. The van der Waals surface area contributed by atoms with Gasteiger partial charge in [0.15, 0.2) is 11.6 Å². The molecule has 10 nitrogen and oxygen atoms in total. The van der Waals surface area contributed by atoms with Crippen LogP contribution in [0.4, 0.5) is 4.79 Å². The van der Waals surface area contributed by atoms with Crippen molar-refractivity contribution in [2.24, 2.45) is 5.92 Å². The summed E-state index contributed by atoms with van der Waals surface area (Å²) in [6.07, 6.45) is 1.30. The number of hydrogen-bond acceptors (Lipinski definition) is 7. The maximum atomic E-state index is 13.9. The van der Waals surface area contributed by atoms with Crippen LogP contribution in [0.5, 0.6) is 5.75 Å². The number of nitrogens with one attached hydrogen (secondary N) is 3. The molecule has 1 aliphatic rings. The number of fused-ring (bicyclic) bond motifs is 1. The first-order valence-corrected chi connectivity index (χ1v) is 14.9. The van der Waals surface area contributed by atoms with Crippen molar-refractivity contribution in [1.82, 2.24) is 15.6 Å². The second kappa shape index (κ2) is 13.8. The minimum Gasteiger partial charge on any atom is -0.508 e. The second-order valence-electron chi connectivity index (χ2n) is 11.7. The van der Waals surface area contributed by atoms with Gasteiger partial charge in [0, 0.05) is 29.4 Å². The number of para-hydroxylation sites is 1. The van der Waals surface area contributed by atoms with Crippen molar-refractivity contribution in [3.05, 3.63) is 102 Å². The Morgan fingerprint density at radius 3 is 2.33 bits per heavy atom. The number of benzene rings is 3. The monoisotopic (exact) mass is 611 g/mol. The molecule has 0 bridgehead atoms. The molecule has 10 heteroatoms. The molecule has 1 fully saturated rings. The first-order chi connectivity index (χ1) is 21.6. The molecule has 2 amide bonds. The Kier molecular flexibility index (Phi) is 9.63. The summed E-state index contributed by atoms with van der Waals surface area (Å²) in [5.74, 6) is -1.84. The smallest absolute Gasteiger partial charge is 0.408 e. The fourth-order valence-corrected chi connectivity index (χ4v) is 5.25. The number of epoxide rings is 1. The van der Waals surface area contributed by atoms with E-state index in [0.29, 0.717) is 0 Å². The van der Waals surface area contributed by atoms with Gasteiger partial charge in [0.2, 0.25) is 5.91 Å². The van der Waals surface area contributed by atoms with Crippen molar-refractivity contribution in [3.63, 3.8) is 0 Å². The first kappa shape index (κ1) is 31.5. The third kappa shape index (κ3) is 8.16. The van der Waals surface area contributed by atoms with E-state index in [1.807, 2.05) is 60.8 Å². The van der Waals surface area contributed by atoms with E-state index >= 15 is 0 Å². The van der Waals surface area contributed by atoms with Gasteiger partial charge in [-0.15, -0.1) is 0 Å². The molecule has 1 aliphatic heterocycles. The van der Waals surface area contributed by atoms with Gasteiger partial charge >= 0.3 is 6.09 Å². The van der Waals surface area contributed by atoms with E-state index in [1.165, 1.54) is 12.1 Å². The molecule has 0 unspecified atom stereocenters. The molecule has 0 spiro atoms. The van der Waals surface area contributed by atoms with Gasteiger partial charge in [-0.3, -0.25) is 14.4 Å². The average molecular weight is 612 g/mol. The fraction of sp³-hybridized carbons (Fsp3) is 0.314. The lowest BCUT2D eigenvalue weighted by atomic mass is 9.89. The number of carbonyl (C=O) groups is 4. The maximum Gasteiger partial charge on any atom is 0.408 e. The first-order valence-electron chi connectivity index (χ1n) is 14.9. The summed E-state index contributed by atoms with van der Waals surface area (Å²) < 4.78 is 10.7. The number of H-pyrrole nitrogens is 1. The number of rotatable bonds is 14. The predicted molar refractivity (Wildman–Crippen MR) is 167 cm³/mol. The van der Waals surface area contributed by atoms with Crippen LogP contribution in [0, 0.1) is 5.92 Å². The molecule has 0 radical (unpaired) electrons. The summed E-state index contributed by atoms with van der Waals surface area (Å²) in [5, 5.41) is 16.1. The summed E-state index contributed by atoms with van der Waals surface area (Å²) in [6, 6.07) is 21.4. The van der Waals surface area contributed by atoms with Crippen LogP contribution in [0.2, 0.25) is 0 Å². The Bertz CT molecular complexity index is 1660. The van der Waals surface area contributed by atoms with E-state index < -0.39 is 35.6 Å². The number of alkyl carbamates (subject to hydrolysis) is 1. The third-order valence-electron chi connectivity index (χ3n) is 8.10. The number of aromatic amines is 1. The van der Waals surface area contributed by atoms with Gasteiger partial charge in [-0.25, -0.2) is 4.79 Å². The van der Waals surface area contributed by atoms with E-state index in [2.05, 4.69) is 15.6 Å². The van der Waals surface area contributed by atoms with E-state index in [9.17, 15) is 24.3 Å². The molecule has 0 saturated carbocycles. The zero-order chi connectivity index (χ0) is 32.0. The summed E-state index contributed by atoms with van der Waals surface area (Å²) in [5.41, 5.74) is 2.31. The van der Waals surface area contributed by atoms with Gasteiger partial charge in [0.1, 0.15) is 18.0 Å². The van der Waals surface area contributed by atoms with Crippen LogP contribution in [0.25, 0.3) is 10.9 Å². The molecule has 1 saturated heterocycles. The molecule has 4 atom stereocenters. The van der Waals surface area contributed by atoms with Crippen LogP contribution in [-0.2, 0) is 43.3 Å². The van der Waals surface area contributed by atoms with Crippen molar-refractivity contribution < 1.29 is 33.8 Å². The number of hydrogen-bond donors (Lipinski definition) is 4. The Morgan fingerprint density at radius 1 is 0.933 bits per heavy atom. The van der Waals surface area contributed by atoms with Crippen molar-refractivity contribution in [2.45, 2.75) is 57.4 Å². The topological polar surface area (TPSA) is 150 Å². The molecule has 45 heavy (non-hydrogen) atoms. The molecular weight excluding hydrogens is 574 g/mol. The normalized spacial score (nSPS) is 17.6. The van der Waals surface area contributed by atoms with Crippen LogP contribution in [0.15, 0.2) is 85.1 Å². The largest absolute Gasteiger partial charge is 0.508 e. The van der Waals surface area contributed by atoms with Crippen molar-refractivity contribution in [1.29, 1.82) is 0 Å². The Hall–Kier alpha value is -4.96. The molecule has 234 valence electrons. The molecule has 3 aromatic carbocycles. The zero-order valence-corrected chi connectivity index (χ0v) is 25.2. The van der Waals surface area contributed by atoms with E-state index in [0.717, 1.165) is 27.6 Å². The van der Waals surface area contributed by atoms with Crippen LogP contribution >= 0.6 is 0 Å². The summed E-state index contributed by atoms with van der Waals surface area (Å²) in [6.45, 7) is 3.55. The summed E-state index contributed by atoms with van der Waals surface area (Å²) in [4.78, 5) is 56.4. The summed E-state index contributed by atoms with van der Waals surface area (Å²) in [7, 11) is 0. The Labute approximate surface area is 261 Å². The Morgan fingerprint density at radius 2 is 1.62 bits per heavy atom. The standard InChI is InChI=1S/C35H37N3O7/c1-22(37-34(43)44-20-24-8-4-3-5-9-24)31(40)18-25(17-26-19-36-29-11-7-6-10-28(26)29)33(42)38-30(32(41)35(2)21-45-35)16-23-12-14-27(39)15-13-23/h3-15,19,22,25,30,36,39H,16-18,20-21H2,1-2H3,(H,37,43)(H,38,42)/t22-,25+,30-,35+/m0/s1. The maximum absolute atomic E-state index is 13.9. The minimum absolute atomic E-state index is 0.0538. The van der Waals surface area contributed by atoms with Crippen LogP contribution < -0.4 is 10.6 Å². The quantitative estimate of drug-likeness (QED) is 0.155. The number of ketones is 2. The number of Topliss-reactive ketones (excluding diaryl/α,β-unsaturated/α-hetero) is 2. The Balaban J connectivity index is 1.31. The number of aromatic nitrogens is 1. The number of amides is 2. The highest BCUT2D eigenvalue weighted by Crippen LogP contribution is 2.30. The average Bonchev–Trinajstić information content (AvgIpc) is 3.67. The van der Waals surface area contributed by atoms with E-state index in [1.54, 1.807) is 26.0 Å². The second-order valence-corrected chi connectivity index (χ2v) is 11.7. The van der Waals surface area contributed by atoms with Crippen molar-refractivity contribution in [3.8, 4) is 5.75 Å². The lowest BCUT2D eigenvalue weighted by molar-refractivity contribution is -0.134. The van der Waals surface area contributed by atoms with Gasteiger partial charge in [0.05, 0.1) is 18.7 Å². The van der Waals surface area contributed by atoms with Crippen LogP contribution in [0.3, 0.4) is 0 Å². The van der Waals surface area contributed by atoms with E-state index in [-0.39, 0.29) is 49.8 Å². The predicted octanol–water partition coefficient (Wildman–Crippen LogP) is 4.39. The minimum atomic E-state index is -0.991. The highest BCUT2D eigenvalue weighted by atomic mass is 16.6. The van der Waals surface area contributed by atoms with Crippen molar-refractivity contribution in [2.75, 3.05) is 6.61 Å². The number of phenols is 1. The third-order valence-corrected chi connectivity index (χ3v) is 8.10. The molecule has 2 heterocycles. The summed E-state index contributed by atoms with van der Waals surface area (Å²) >= 11 is 0. The highest BCUT2D eigenvalue weighted by molar-refractivity contribution is 5.98. The van der Waals surface area contributed by atoms with Crippen LogP contribution in [0.1, 0.15) is 37.0 Å². The number of aromatic hydroxyl groups is 1. The molecule has 0 aliphatic carbocycles. The molecule has 4 N–H and O–H groups in total. The zero-order valence-electron chi connectivity index (χ0n) is 25.2. The fourth-order valence-electron chi connectivity index (χ4n) is 5.25. The lowest BCUT2D eigenvalue weighted by Gasteiger charge is -2.24. The lowest BCUT2D eigenvalue weighted by Crippen LogP contribution is -2.50. The molecule has 1 aromatic heterocycles. The van der Waals surface area contributed by atoms with Gasteiger partial charge < -0.3 is 30.2 Å². The van der Waals surface area contributed by atoms with Gasteiger partial charge in [-0.1, -0.05) is 60.7 Å². The SMILES string of the molecule is C[C@H](NC(=O)OCc1ccccc1)C(=O)C[C@@H](Cc1c[nH]c2ccccc12)C(=O)N[C@@H](Cc1ccc(O)cc1)C(=O)[C@@]1(C)CO1. The molecule has 4 aromatic rings. The van der Waals surface area contributed by atoms with E-state index in [4.69, 9.17) is 9.47 Å². The van der Waals surface area contributed by atoms with Crippen LogP contribution in [-0.4, -0.2) is 57.9 Å². The van der Waals surface area contributed by atoms with Gasteiger partial charge in [0.25, 0.3) is 0 Å². The number of ether oxygens (including phenoxy) is 2. The number of carbonyl (C=O) groups excluding carboxylic acids is 4. The van der Waals surface area contributed by atoms with Gasteiger partial charge in [-0.2, -0.15) is 0 Å². The molecule has 5 rings (SSSR count). The molecular formula is C35H37N3O7. The number of phenolic OH excluding ortho intramolecular Hbond substituents is 1. The van der Waals surface area contributed by atoms with Gasteiger partial charge in [-0.05, 0) is 61.6 Å². The van der Waals surface area contributed by atoms with Crippen molar-refractivity contribution >= 4 is 34.5 Å².